The van der Waals surface area contributed by atoms with Crippen molar-refractivity contribution in [3.8, 4) is 5.75 Å². The van der Waals surface area contributed by atoms with Gasteiger partial charge in [-0.25, -0.2) is 0 Å². The van der Waals surface area contributed by atoms with E-state index in [4.69, 9.17) is 25.8 Å². The highest BCUT2D eigenvalue weighted by Crippen LogP contribution is 2.48. The molecule has 3 aliphatic rings. The number of nitrogens with zero attached hydrogens (tertiary/aromatic N) is 2. The van der Waals surface area contributed by atoms with Crippen molar-refractivity contribution in [2.45, 2.75) is 32.1 Å². The van der Waals surface area contributed by atoms with Crippen molar-refractivity contribution >= 4 is 34.9 Å². The van der Waals surface area contributed by atoms with E-state index >= 15 is 0 Å². The van der Waals surface area contributed by atoms with Gasteiger partial charge in [0.1, 0.15) is 5.75 Å². The van der Waals surface area contributed by atoms with E-state index in [9.17, 15) is 9.59 Å². The molecule has 0 N–H and O–H groups in total. The fourth-order valence-electron chi connectivity index (χ4n) is 5.04. The smallest absolute Gasteiger partial charge is 0.329 e. The van der Waals surface area contributed by atoms with E-state index in [2.05, 4.69) is 9.80 Å². The Morgan fingerprint density at radius 2 is 1.72 bits per heavy atom. The molecule has 2 aromatic rings. The van der Waals surface area contributed by atoms with E-state index in [1.807, 2.05) is 36.4 Å². The van der Waals surface area contributed by atoms with Crippen LogP contribution >= 0.6 is 11.6 Å². The number of rotatable bonds is 2. The number of esters is 2. The highest BCUT2D eigenvalue weighted by atomic mass is 35.5. The Hall–Kier alpha value is -2.93. The van der Waals surface area contributed by atoms with Crippen LogP contribution in [0.4, 0.5) is 11.4 Å². The number of hydrogen-bond donors (Lipinski definition) is 0. The summed E-state index contributed by atoms with van der Waals surface area (Å²) in [7, 11) is 1.63. The van der Waals surface area contributed by atoms with Crippen LogP contribution in [0.15, 0.2) is 42.5 Å². The van der Waals surface area contributed by atoms with Gasteiger partial charge < -0.3 is 24.0 Å². The van der Waals surface area contributed by atoms with E-state index in [1.165, 1.54) is 0 Å². The number of piperazine rings is 1. The minimum Gasteiger partial charge on any atom is -0.497 e. The van der Waals surface area contributed by atoms with Crippen molar-refractivity contribution in [2.75, 3.05) is 36.5 Å². The third-order valence-corrected chi connectivity index (χ3v) is 6.85. The molecule has 0 unspecified atom stereocenters. The maximum absolute atomic E-state index is 13.4. The van der Waals surface area contributed by atoms with Gasteiger partial charge >= 0.3 is 11.9 Å². The molecule has 5 rings (SSSR count). The molecule has 1 atom stereocenters. The Labute approximate surface area is 191 Å². The largest absolute Gasteiger partial charge is 0.497 e. The molecule has 0 radical (unpaired) electrons. The summed E-state index contributed by atoms with van der Waals surface area (Å²) in [5, 5.41) is 0.617. The van der Waals surface area contributed by atoms with Crippen LogP contribution in [-0.4, -0.2) is 50.5 Å². The summed E-state index contributed by atoms with van der Waals surface area (Å²) < 4.78 is 16.5. The highest BCUT2D eigenvalue weighted by molar-refractivity contribution is 6.31. The number of fused-ring (bicyclic) bond motifs is 4. The number of hydrogen-bond acceptors (Lipinski definition) is 7. The second-order valence-electron chi connectivity index (χ2n) is 8.95. The van der Waals surface area contributed by atoms with E-state index in [0.717, 1.165) is 29.2 Å². The summed E-state index contributed by atoms with van der Waals surface area (Å²) in [6, 6.07) is 12.9. The molecule has 32 heavy (non-hydrogen) atoms. The van der Waals surface area contributed by atoms with E-state index in [-0.39, 0.29) is 6.42 Å². The Bertz CT molecular complexity index is 1060. The van der Waals surface area contributed by atoms with Gasteiger partial charge in [0.15, 0.2) is 5.41 Å². The van der Waals surface area contributed by atoms with Crippen LogP contribution in [0.5, 0.6) is 5.75 Å². The molecule has 0 aliphatic carbocycles. The maximum atomic E-state index is 13.4. The minimum absolute atomic E-state index is 0.213. The number of benzene rings is 2. The van der Waals surface area contributed by atoms with Crippen LogP contribution in [0.1, 0.15) is 19.4 Å². The van der Waals surface area contributed by atoms with Crippen molar-refractivity contribution in [1.29, 1.82) is 0 Å². The fraction of sp³-hybridized carbons (Fsp3) is 0.417. The van der Waals surface area contributed by atoms with Gasteiger partial charge in [0, 0.05) is 56.3 Å². The quantitative estimate of drug-likeness (QED) is 0.506. The number of cyclic esters (lactones) is 2. The third-order valence-electron chi connectivity index (χ3n) is 6.62. The van der Waals surface area contributed by atoms with E-state index in [1.54, 1.807) is 27.0 Å². The first-order chi connectivity index (χ1) is 15.2. The average Bonchev–Trinajstić information content (AvgIpc) is 2.76. The fourth-order valence-corrected chi connectivity index (χ4v) is 5.21. The van der Waals surface area contributed by atoms with Gasteiger partial charge in [-0.1, -0.05) is 17.7 Å². The van der Waals surface area contributed by atoms with Crippen molar-refractivity contribution in [2.24, 2.45) is 5.41 Å². The Balaban J connectivity index is 1.58. The molecule has 8 heteroatoms. The van der Waals surface area contributed by atoms with Gasteiger partial charge in [0.2, 0.25) is 0 Å². The summed E-state index contributed by atoms with van der Waals surface area (Å²) in [5.74, 6) is -1.59. The number of halogens is 1. The molecule has 2 fully saturated rings. The van der Waals surface area contributed by atoms with E-state index < -0.39 is 29.2 Å². The minimum atomic E-state index is -1.44. The average molecular weight is 457 g/mol. The Morgan fingerprint density at radius 1 is 1.03 bits per heavy atom. The van der Waals surface area contributed by atoms with E-state index in [0.29, 0.717) is 18.1 Å². The standard InChI is InChI=1S/C24H25ClN2O5/c1-23(2)31-21(28)24(22(29)32-23)13-15-4-5-16(25)12-19(15)27-11-10-26(14-20(24)27)17-6-8-18(30-3)9-7-17/h4-9,12,20H,10-11,13-14H2,1-3H3/t20-/m1/s1. The van der Waals surface area contributed by atoms with Crippen LogP contribution in [-0.2, 0) is 25.5 Å². The Kier molecular flexibility index (Phi) is 4.78. The van der Waals surface area contributed by atoms with Gasteiger partial charge in [-0.05, 0) is 42.0 Å². The second-order valence-corrected chi connectivity index (χ2v) is 9.39. The molecule has 0 bridgehead atoms. The molecular formula is C24H25ClN2O5. The molecule has 3 aliphatic heterocycles. The molecule has 168 valence electrons. The highest BCUT2D eigenvalue weighted by Gasteiger charge is 2.64. The SMILES string of the molecule is COc1ccc(N2CCN3c4cc(Cl)ccc4CC4(C(=O)OC(C)(C)OC4=O)[C@H]3C2)cc1. The summed E-state index contributed by atoms with van der Waals surface area (Å²) >= 11 is 6.30. The monoisotopic (exact) mass is 456 g/mol. The van der Waals surface area contributed by atoms with Crippen molar-refractivity contribution in [3.63, 3.8) is 0 Å². The summed E-state index contributed by atoms with van der Waals surface area (Å²) in [4.78, 5) is 31.2. The lowest BCUT2D eigenvalue weighted by Crippen LogP contribution is -2.71. The molecule has 3 heterocycles. The molecule has 0 saturated carbocycles. The molecule has 0 aromatic heterocycles. The van der Waals surface area contributed by atoms with Gasteiger partial charge in [0.05, 0.1) is 13.2 Å². The molecule has 2 aromatic carbocycles. The lowest BCUT2D eigenvalue weighted by Gasteiger charge is -2.55. The van der Waals surface area contributed by atoms with Crippen molar-refractivity contribution < 1.29 is 23.8 Å². The van der Waals surface area contributed by atoms with Gasteiger partial charge in [0.25, 0.3) is 5.79 Å². The van der Waals surface area contributed by atoms with Gasteiger partial charge in [-0.2, -0.15) is 0 Å². The molecular weight excluding hydrogens is 432 g/mol. The first-order valence-electron chi connectivity index (χ1n) is 10.6. The number of ether oxygens (including phenoxy) is 3. The number of methoxy groups -OCH3 is 1. The summed E-state index contributed by atoms with van der Waals surface area (Å²) in [6.45, 7) is 4.96. The Morgan fingerprint density at radius 3 is 2.38 bits per heavy atom. The zero-order valence-corrected chi connectivity index (χ0v) is 19.0. The zero-order valence-electron chi connectivity index (χ0n) is 18.3. The predicted octanol–water partition coefficient (Wildman–Crippen LogP) is 3.42. The van der Waals surface area contributed by atoms with Gasteiger partial charge in [-0.15, -0.1) is 0 Å². The molecule has 1 spiro atoms. The first kappa shape index (κ1) is 20.9. The topological polar surface area (TPSA) is 68.3 Å². The van der Waals surface area contributed by atoms with Crippen LogP contribution in [0.25, 0.3) is 0 Å². The second kappa shape index (κ2) is 7.30. The number of anilines is 2. The lowest BCUT2D eigenvalue weighted by molar-refractivity contribution is -0.253. The third kappa shape index (κ3) is 3.18. The number of carbonyl (C=O) groups excluding carboxylic acids is 2. The molecule has 0 amide bonds. The van der Waals surface area contributed by atoms with Crippen LogP contribution in [0, 0.1) is 5.41 Å². The number of carbonyl (C=O) groups is 2. The van der Waals surface area contributed by atoms with Crippen molar-refractivity contribution in [3.05, 3.63) is 53.1 Å². The normalized spacial score (nSPS) is 23.2. The molecule has 2 saturated heterocycles. The maximum Gasteiger partial charge on any atom is 0.329 e. The van der Waals surface area contributed by atoms with Crippen LogP contribution < -0.4 is 14.5 Å². The lowest BCUT2D eigenvalue weighted by atomic mass is 9.69. The predicted molar refractivity (Wildman–Crippen MR) is 120 cm³/mol. The summed E-state index contributed by atoms with van der Waals surface area (Å²) in [5.41, 5.74) is 1.39. The van der Waals surface area contributed by atoms with Crippen LogP contribution in [0.3, 0.4) is 0 Å². The van der Waals surface area contributed by atoms with Crippen molar-refractivity contribution in [1.82, 2.24) is 0 Å². The first-order valence-corrected chi connectivity index (χ1v) is 11.0. The zero-order chi connectivity index (χ0) is 22.7. The van der Waals surface area contributed by atoms with Gasteiger partial charge in [-0.3, -0.25) is 9.59 Å². The molecule has 7 nitrogen and oxygen atoms in total. The van der Waals surface area contributed by atoms with Crippen LogP contribution in [0.2, 0.25) is 5.02 Å². The summed E-state index contributed by atoms with van der Waals surface area (Å²) in [6.07, 6.45) is 0.213.